The third kappa shape index (κ3) is 4.75. The number of fused-ring (bicyclic) bond motifs is 1. The molecule has 8 nitrogen and oxygen atoms in total. The predicted octanol–water partition coefficient (Wildman–Crippen LogP) is 1.79. The van der Waals surface area contributed by atoms with E-state index in [2.05, 4.69) is 10.2 Å². The third-order valence-corrected chi connectivity index (χ3v) is 6.20. The first-order valence-electron chi connectivity index (χ1n) is 10.4. The number of urea groups is 1. The van der Waals surface area contributed by atoms with Crippen LogP contribution in [0.1, 0.15) is 32.3 Å². The highest BCUT2D eigenvalue weighted by Gasteiger charge is 2.50. The lowest BCUT2D eigenvalue weighted by molar-refractivity contribution is -0.169. The summed E-state index contributed by atoms with van der Waals surface area (Å²) in [6.45, 7) is 5.90. The molecule has 2 saturated heterocycles. The quantitative estimate of drug-likeness (QED) is 0.538. The Kier molecular flexibility index (Phi) is 6.97. The normalized spacial score (nSPS) is 22.7. The van der Waals surface area contributed by atoms with Crippen molar-refractivity contribution in [1.29, 1.82) is 0 Å². The van der Waals surface area contributed by atoms with Gasteiger partial charge in [-0.1, -0.05) is 30.3 Å². The number of benzene rings is 1. The molecule has 0 aromatic heterocycles. The summed E-state index contributed by atoms with van der Waals surface area (Å²) in [5.41, 5.74) is -0.179. The number of ether oxygens (including phenoxy) is 2. The van der Waals surface area contributed by atoms with E-state index in [0.29, 0.717) is 32.0 Å². The molecule has 2 amide bonds. The van der Waals surface area contributed by atoms with Crippen molar-refractivity contribution in [3.05, 3.63) is 35.9 Å². The summed E-state index contributed by atoms with van der Waals surface area (Å²) in [6, 6.07) is 8.60. The number of piperidine rings is 1. The molecule has 0 bridgehead atoms. The van der Waals surface area contributed by atoms with Crippen molar-refractivity contribution in [2.75, 3.05) is 26.7 Å². The first-order valence-corrected chi connectivity index (χ1v) is 10.4. The smallest absolute Gasteiger partial charge is 0.327 e. The molecule has 1 aromatic carbocycles. The molecule has 0 radical (unpaired) electrons. The number of rotatable bonds is 7. The Balaban J connectivity index is 1.80. The molecule has 164 valence electrons. The Labute approximate surface area is 177 Å². The summed E-state index contributed by atoms with van der Waals surface area (Å²) in [5.74, 6) is -0.0363. The van der Waals surface area contributed by atoms with Gasteiger partial charge in [0.25, 0.3) is 6.47 Å². The van der Waals surface area contributed by atoms with E-state index in [0.717, 1.165) is 18.4 Å². The number of likely N-dealkylation sites (tertiary alicyclic amines) is 2. The number of nitrogens with zero attached hydrogens (tertiary/aromatic N) is 2. The van der Waals surface area contributed by atoms with Crippen molar-refractivity contribution in [1.82, 2.24) is 15.1 Å². The number of nitrogens with one attached hydrogen (secondary N) is 1. The second-order valence-electron chi connectivity index (χ2n) is 8.46. The van der Waals surface area contributed by atoms with E-state index in [9.17, 15) is 14.4 Å². The van der Waals surface area contributed by atoms with Gasteiger partial charge in [0.05, 0.1) is 0 Å². The van der Waals surface area contributed by atoms with Crippen molar-refractivity contribution in [2.45, 2.75) is 51.0 Å². The van der Waals surface area contributed by atoms with Gasteiger partial charge in [-0.3, -0.25) is 14.5 Å². The molecule has 2 aliphatic heterocycles. The Bertz CT molecular complexity index is 754. The zero-order valence-corrected chi connectivity index (χ0v) is 17.9. The van der Waals surface area contributed by atoms with Gasteiger partial charge < -0.3 is 19.7 Å². The van der Waals surface area contributed by atoms with Gasteiger partial charge in [0.15, 0.2) is 0 Å². The van der Waals surface area contributed by atoms with E-state index in [1.807, 2.05) is 30.3 Å². The standard InChI is InChI=1S/C22H31N3O5/c1-22(2,30-15-26)19(20(27)29-14-16-7-5-4-6-8-16)25-12-10-17-9-11-24(13-18(17)25)21(28)23-3/h4-8,15,17-19H,9-14H2,1-3H3,(H,23,28)/t17?,18?,19-/m1/s1. The van der Waals surface area contributed by atoms with Gasteiger partial charge in [0.2, 0.25) is 0 Å². The number of hydrogen-bond acceptors (Lipinski definition) is 6. The summed E-state index contributed by atoms with van der Waals surface area (Å²) in [4.78, 5) is 40.4. The molecule has 1 N–H and O–H groups in total. The molecule has 0 aliphatic carbocycles. The second kappa shape index (κ2) is 9.47. The van der Waals surface area contributed by atoms with Crippen LogP contribution >= 0.6 is 0 Å². The van der Waals surface area contributed by atoms with Crippen LogP contribution in [-0.2, 0) is 25.7 Å². The minimum Gasteiger partial charge on any atom is -0.460 e. The van der Waals surface area contributed by atoms with Crippen molar-refractivity contribution in [3.8, 4) is 0 Å². The first-order chi connectivity index (χ1) is 14.4. The van der Waals surface area contributed by atoms with Gasteiger partial charge in [-0.2, -0.15) is 0 Å². The minimum atomic E-state index is -1.07. The van der Waals surface area contributed by atoms with Crippen molar-refractivity contribution in [3.63, 3.8) is 0 Å². The van der Waals surface area contributed by atoms with E-state index in [1.165, 1.54) is 0 Å². The zero-order chi connectivity index (χ0) is 21.7. The third-order valence-electron chi connectivity index (χ3n) is 6.20. The highest BCUT2D eigenvalue weighted by Crippen LogP contribution is 2.36. The van der Waals surface area contributed by atoms with Gasteiger partial charge >= 0.3 is 12.0 Å². The summed E-state index contributed by atoms with van der Waals surface area (Å²) in [7, 11) is 1.62. The van der Waals surface area contributed by atoms with Crippen LogP contribution in [0.4, 0.5) is 4.79 Å². The summed E-state index contributed by atoms with van der Waals surface area (Å²) in [5, 5.41) is 2.68. The molecule has 3 rings (SSSR count). The van der Waals surface area contributed by atoms with Crippen LogP contribution < -0.4 is 5.32 Å². The lowest BCUT2D eigenvalue weighted by Crippen LogP contribution is -2.61. The average molecular weight is 418 g/mol. The van der Waals surface area contributed by atoms with Crippen LogP contribution in [-0.4, -0.2) is 72.6 Å². The Morgan fingerprint density at radius 2 is 1.93 bits per heavy atom. The number of carbonyl (C=O) groups is 3. The van der Waals surface area contributed by atoms with Crippen molar-refractivity contribution >= 4 is 18.5 Å². The zero-order valence-electron chi connectivity index (χ0n) is 17.9. The number of esters is 1. The topological polar surface area (TPSA) is 88.2 Å². The molecule has 2 heterocycles. The highest BCUT2D eigenvalue weighted by atomic mass is 16.6. The molecular formula is C22H31N3O5. The van der Waals surface area contributed by atoms with E-state index < -0.39 is 17.6 Å². The lowest BCUT2D eigenvalue weighted by atomic mass is 9.90. The SMILES string of the molecule is CNC(=O)N1CCC2CCN([C@H](C(=O)OCc3ccccc3)C(C)(C)OC=O)C2C1. The maximum absolute atomic E-state index is 13.2. The molecule has 2 aliphatic rings. The summed E-state index contributed by atoms with van der Waals surface area (Å²) < 4.78 is 11.0. The molecule has 2 unspecified atom stereocenters. The van der Waals surface area contributed by atoms with Crippen LogP contribution in [0.5, 0.6) is 0 Å². The fourth-order valence-corrected chi connectivity index (χ4v) is 4.65. The highest BCUT2D eigenvalue weighted by molar-refractivity contribution is 5.78. The average Bonchev–Trinajstić information content (AvgIpc) is 3.15. The van der Waals surface area contributed by atoms with E-state index >= 15 is 0 Å². The Hall–Kier alpha value is -2.61. The maximum atomic E-state index is 13.2. The molecule has 8 heteroatoms. The van der Waals surface area contributed by atoms with Gasteiger partial charge in [0.1, 0.15) is 18.2 Å². The van der Waals surface area contributed by atoms with E-state index in [1.54, 1.807) is 25.8 Å². The molecule has 0 saturated carbocycles. The first kappa shape index (κ1) is 22.1. The maximum Gasteiger partial charge on any atom is 0.327 e. The lowest BCUT2D eigenvalue weighted by Gasteiger charge is -2.44. The van der Waals surface area contributed by atoms with Crippen LogP contribution in [0.15, 0.2) is 30.3 Å². The molecule has 2 fully saturated rings. The summed E-state index contributed by atoms with van der Waals surface area (Å²) >= 11 is 0. The van der Waals surface area contributed by atoms with Gasteiger partial charge in [-0.25, -0.2) is 4.79 Å². The fraction of sp³-hybridized carbons (Fsp3) is 0.591. The van der Waals surface area contributed by atoms with Gasteiger partial charge in [-0.15, -0.1) is 0 Å². The fourth-order valence-electron chi connectivity index (χ4n) is 4.65. The van der Waals surface area contributed by atoms with Gasteiger partial charge in [0, 0.05) is 26.2 Å². The molecule has 1 aromatic rings. The van der Waals surface area contributed by atoms with Crippen LogP contribution in [0.25, 0.3) is 0 Å². The Morgan fingerprint density at radius 1 is 1.23 bits per heavy atom. The van der Waals surface area contributed by atoms with Crippen molar-refractivity contribution < 1.29 is 23.9 Å². The molecule has 0 spiro atoms. The summed E-state index contributed by atoms with van der Waals surface area (Å²) in [6.07, 6.45) is 1.82. The van der Waals surface area contributed by atoms with Crippen LogP contribution in [0.2, 0.25) is 0 Å². The number of hydrogen-bond donors (Lipinski definition) is 1. The largest absolute Gasteiger partial charge is 0.460 e. The van der Waals surface area contributed by atoms with E-state index in [-0.39, 0.29) is 18.7 Å². The van der Waals surface area contributed by atoms with Crippen molar-refractivity contribution in [2.24, 2.45) is 5.92 Å². The van der Waals surface area contributed by atoms with Gasteiger partial charge in [-0.05, 0) is 44.7 Å². The number of carbonyl (C=O) groups excluding carboxylic acids is 3. The minimum absolute atomic E-state index is 0.0138. The monoisotopic (exact) mass is 417 g/mol. The number of amides is 2. The van der Waals surface area contributed by atoms with E-state index in [4.69, 9.17) is 9.47 Å². The predicted molar refractivity (Wildman–Crippen MR) is 111 cm³/mol. The Morgan fingerprint density at radius 3 is 2.60 bits per heavy atom. The molecular weight excluding hydrogens is 386 g/mol. The van der Waals surface area contributed by atoms with Crippen LogP contribution in [0.3, 0.4) is 0 Å². The van der Waals surface area contributed by atoms with Crippen LogP contribution in [0, 0.1) is 5.92 Å². The molecule has 3 atom stereocenters. The molecule has 30 heavy (non-hydrogen) atoms. The second-order valence-corrected chi connectivity index (χ2v) is 8.46.